The fourth-order valence-electron chi connectivity index (χ4n) is 5.92. The molecule has 4 aromatic rings. The van der Waals surface area contributed by atoms with Crippen molar-refractivity contribution in [2.45, 2.75) is 25.3 Å². The van der Waals surface area contributed by atoms with Gasteiger partial charge >= 0.3 is 0 Å². The molecule has 0 radical (unpaired) electrons. The molecular formula is C34H28F2N2O2. The Balaban J connectivity index is 1.37. The van der Waals surface area contributed by atoms with E-state index < -0.39 is 17.5 Å². The van der Waals surface area contributed by atoms with Crippen molar-refractivity contribution in [1.29, 1.82) is 0 Å². The molecule has 0 saturated carbocycles. The van der Waals surface area contributed by atoms with Gasteiger partial charge in [-0.2, -0.15) is 0 Å². The molecule has 2 aliphatic rings. The molecule has 1 N–H and O–H groups in total. The van der Waals surface area contributed by atoms with Gasteiger partial charge in [0, 0.05) is 28.5 Å². The third-order valence-electron chi connectivity index (χ3n) is 7.78. The highest BCUT2D eigenvalue weighted by molar-refractivity contribution is 6.24. The summed E-state index contributed by atoms with van der Waals surface area (Å²) >= 11 is 0. The van der Waals surface area contributed by atoms with Crippen LogP contribution >= 0.6 is 0 Å². The highest BCUT2D eigenvalue weighted by atomic mass is 19.1. The first-order valence-electron chi connectivity index (χ1n) is 13.3. The lowest BCUT2D eigenvalue weighted by Crippen LogP contribution is -2.31. The van der Waals surface area contributed by atoms with E-state index in [2.05, 4.69) is 66.8 Å². The van der Waals surface area contributed by atoms with E-state index in [0.29, 0.717) is 23.7 Å². The lowest BCUT2D eigenvalue weighted by molar-refractivity contribution is 0.102. The molecule has 0 fully saturated rings. The van der Waals surface area contributed by atoms with Crippen LogP contribution in [0.1, 0.15) is 50.7 Å². The molecule has 0 heterocycles. The first kappa shape index (κ1) is 25.8. The second-order valence-corrected chi connectivity index (χ2v) is 10.6. The largest absolute Gasteiger partial charge is 0.322 e. The first-order valence-corrected chi connectivity index (χ1v) is 13.3. The number of rotatable bonds is 5. The van der Waals surface area contributed by atoms with E-state index in [1.807, 2.05) is 0 Å². The summed E-state index contributed by atoms with van der Waals surface area (Å²) in [5.41, 5.74) is 4.15. The quantitative estimate of drug-likeness (QED) is 0.355. The molecule has 40 heavy (non-hydrogen) atoms. The average molecular weight is 535 g/mol. The van der Waals surface area contributed by atoms with Gasteiger partial charge in [-0.3, -0.25) is 14.5 Å². The van der Waals surface area contributed by atoms with Crippen LogP contribution in [-0.4, -0.2) is 30.7 Å². The number of Topliss-reactive ketones (excluding diaryl/α,β-unsaturated/α-hetero) is 1. The van der Waals surface area contributed by atoms with Crippen molar-refractivity contribution in [3.63, 3.8) is 0 Å². The molecule has 0 aliphatic heterocycles. The van der Waals surface area contributed by atoms with Crippen LogP contribution in [-0.2, 0) is 6.42 Å². The minimum Gasteiger partial charge on any atom is -0.322 e. The number of carbonyl (C=O) groups excluding carboxylic acids is 2. The summed E-state index contributed by atoms with van der Waals surface area (Å²) in [5.74, 6) is -2.31. The first-order chi connectivity index (χ1) is 19.3. The molecule has 6 heteroatoms. The number of benzene rings is 4. The van der Waals surface area contributed by atoms with E-state index >= 15 is 0 Å². The summed E-state index contributed by atoms with van der Waals surface area (Å²) in [7, 11) is 4.17. The number of anilines is 1. The summed E-state index contributed by atoms with van der Waals surface area (Å²) in [6.45, 7) is 0. The molecule has 4 aromatic carbocycles. The molecular weight excluding hydrogens is 506 g/mol. The maximum Gasteiger partial charge on any atom is 0.255 e. The lowest BCUT2D eigenvalue weighted by atomic mass is 9.82. The highest BCUT2D eigenvalue weighted by Gasteiger charge is 2.25. The standard InChI is InChI=1S/C34H28F2N2O2/c1-38(2)31-18-21-6-3-4-7-26(21)29-15-14-27-28(32(29)31)8-5-9-30(27)33(39)20-10-12-25(13-11-20)37-34(40)22-16-23(35)19-24(36)17-22/h3-4,6-7,10-19,31H,5,8-9H2,1-2H3,(H,37,40). The van der Waals surface area contributed by atoms with Crippen molar-refractivity contribution in [2.24, 2.45) is 0 Å². The normalized spacial score (nSPS) is 15.5. The average Bonchev–Trinajstić information content (AvgIpc) is 2.95. The monoisotopic (exact) mass is 534 g/mol. The van der Waals surface area contributed by atoms with Crippen molar-refractivity contribution in [2.75, 3.05) is 19.4 Å². The van der Waals surface area contributed by atoms with Crippen LogP contribution in [0.3, 0.4) is 0 Å². The van der Waals surface area contributed by atoms with Gasteiger partial charge in [0.05, 0.1) is 6.04 Å². The maximum absolute atomic E-state index is 13.7. The van der Waals surface area contributed by atoms with Gasteiger partial charge in [0.1, 0.15) is 11.6 Å². The van der Waals surface area contributed by atoms with Crippen LogP contribution in [0.5, 0.6) is 0 Å². The van der Waals surface area contributed by atoms with E-state index in [0.717, 1.165) is 35.8 Å². The zero-order valence-corrected chi connectivity index (χ0v) is 22.3. The van der Waals surface area contributed by atoms with E-state index in [-0.39, 0.29) is 17.4 Å². The Morgan fingerprint density at radius 1 is 0.800 bits per heavy atom. The number of hydrogen-bond acceptors (Lipinski definition) is 3. The highest BCUT2D eigenvalue weighted by Crippen LogP contribution is 2.30. The molecule has 200 valence electrons. The number of carbonyl (C=O) groups is 2. The van der Waals surface area contributed by atoms with Gasteiger partial charge in [0.2, 0.25) is 0 Å². The van der Waals surface area contributed by atoms with Gasteiger partial charge < -0.3 is 5.32 Å². The van der Waals surface area contributed by atoms with Gasteiger partial charge in [-0.05, 0) is 102 Å². The molecule has 2 aliphatic carbocycles. The van der Waals surface area contributed by atoms with E-state index in [1.54, 1.807) is 24.3 Å². The zero-order valence-electron chi connectivity index (χ0n) is 22.3. The van der Waals surface area contributed by atoms with Crippen molar-refractivity contribution >= 4 is 29.0 Å². The summed E-state index contributed by atoms with van der Waals surface area (Å²) in [6.07, 6.45) is 4.81. The van der Waals surface area contributed by atoms with Gasteiger partial charge in [-0.25, -0.2) is 8.78 Å². The van der Waals surface area contributed by atoms with Gasteiger partial charge in [-0.1, -0.05) is 42.5 Å². The number of ketones is 1. The Hall–Kier alpha value is -4.42. The number of hydrogen-bond donors (Lipinski definition) is 1. The molecule has 4 nitrogen and oxygen atoms in total. The molecule has 6 rings (SSSR count). The van der Waals surface area contributed by atoms with E-state index in [1.165, 1.54) is 26.8 Å². The van der Waals surface area contributed by atoms with Gasteiger partial charge in [-0.15, -0.1) is 0 Å². The fraction of sp³-hybridized carbons (Fsp3) is 0.176. The predicted octanol–water partition coefficient (Wildman–Crippen LogP) is 5.27. The van der Waals surface area contributed by atoms with Crippen molar-refractivity contribution in [3.05, 3.63) is 134 Å². The number of halogens is 2. The number of amides is 1. The molecule has 0 spiro atoms. The predicted molar refractivity (Wildman–Crippen MR) is 152 cm³/mol. The molecule has 1 atom stereocenters. The van der Waals surface area contributed by atoms with Gasteiger partial charge in [0.15, 0.2) is 5.78 Å². The minimum atomic E-state index is -0.823. The van der Waals surface area contributed by atoms with E-state index in [9.17, 15) is 18.4 Å². The summed E-state index contributed by atoms with van der Waals surface area (Å²) in [4.78, 5) is 28.4. The van der Waals surface area contributed by atoms with Crippen molar-refractivity contribution < 1.29 is 18.4 Å². The number of fused-ring (bicyclic) bond motifs is 4. The van der Waals surface area contributed by atoms with Crippen LogP contribution in [0, 0.1) is 22.1 Å². The molecule has 1 amide bonds. The lowest BCUT2D eigenvalue weighted by Gasteiger charge is -2.29. The van der Waals surface area contributed by atoms with Crippen molar-refractivity contribution in [3.8, 4) is 0 Å². The SMILES string of the molecule is CN(C)C1C=c2ccccc2=c2ccc3c(c21)CCCC=3C(=O)c1ccc(NC(=O)c2cc(F)cc(F)c2)cc1. The molecule has 1 unspecified atom stereocenters. The summed E-state index contributed by atoms with van der Waals surface area (Å²) < 4.78 is 27.0. The van der Waals surface area contributed by atoms with Crippen LogP contribution in [0.15, 0.2) is 78.9 Å². The van der Waals surface area contributed by atoms with Crippen LogP contribution in [0.2, 0.25) is 0 Å². The van der Waals surface area contributed by atoms with E-state index in [4.69, 9.17) is 0 Å². The molecule has 0 bridgehead atoms. The molecule has 0 saturated heterocycles. The zero-order chi connectivity index (χ0) is 28.0. The van der Waals surface area contributed by atoms with Crippen LogP contribution < -0.4 is 15.8 Å². The smallest absolute Gasteiger partial charge is 0.255 e. The second-order valence-electron chi connectivity index (χ2n) is 10.6. The Morgan fingerprint density at radius 2 is 1.50 bits per heavy atom. The summed E-state index contributed by atoms with van der Waals surface area (Å²) in [5, 5.41) is 7.31. The topological polar surface area (TPSA) is 49.4 Å². The Morgan fingerprint density at radius 3 is 2.23 bits per heavy atom. The Kier molecular flexibility index (Phi) is 6.64. The Labute approximate surface area is 230 Å². The third-order valence-corrected chi connectivity index (χ3v) is 7.78. The number of nitrogens with one attached hydrogen (secondary N) is 1. The second kappa shape index (κ2) is 10.3. The maximum atomic E-state index is 13.7. The summed E-state index contributed by atoms with van der Waals surface area (Å²) in [6, 6.07) is 22.1. The van der Waals surface area contributed by atoms with Gasteiger partial charge in [0.25, 0.3) is 5.91 Å². The minimum absolute atomic E-state index is 0.0347. The van der Waals surface area contributed by atoms with Crippen molar-refractivity contribution in [1.82, 2.24) is 4.90 Å². The Bertz CT molecular complexity index is 1880. The van der Waals surface area contributed by atoms with Crippen LogP contribution in [0.4, 0.5) is 14.5 Å². The molecule has 0 aromatic heterocycles. The van der Waals surface area contributed by atoms with Crippen LogP contribution in [0.25, 0.3) is 11.6 Å². The third kappa shape index (κ3) is 4.65. The number of nitrogens with zero attached hydrogens (tertiary/aromatic N) is 1. The fourth-order valence-corrected chi connectivity index (χ4v) is 5.92.